The van der Waals surface area contributed by atoms with Gasteiger partial charge in [-0.15, -0.1) is 11.3 Å². The highest BCUT2D eigenvalue weighted by Crippen LogP contribution is 2.49. The first kappa shape index (κ1) is 35.6. The van der Waals surface area contributed by atoms with Gasteiger partial charge in [0.05, 0.1) is 10.4 Å². The average molecular weight is 782 g/mol. The van der Waals surface area contributed by atoms with E-state index in [1.807, 2.05) is 11.3 Å². The Morgan fingerprint density at radius 2 is 0.783 bits per heavy atom. The van der Waals surface area contributed by atoms with Crippen LogP contribution in [0, 0.1) is 0 Å². The van der Waals surface area contributed by atoms with Crippen LogP contribution in [0.25, 0.3) is 86.6 Å². The van der Waals surface area contributed by atoms with Crippen LogP contribution in [0.5, 0.6) is 0 Å². The predicted molar refractivity (Wildman–Crippen MR) is 259 cm³/mol. The van der Waals surface area contributed by atoms with Gasteiger partial charge in [0, 0.05) is 26.8 Å². The summed E-state index contributed by atoms with van der Waals surface area (Å²) >= 11 is 1.89. The Morgan fingerprint density at radius 1 is 0.283 bits per heavy atom. The Kier molecular flexibility index (Phi) is 9.11. The van der Waals surface area contributed by atoms with Gasteiger partial charge >= 0.3 is 0 Å². The Labute approximate surface area is 354 Å². The quantitative estimate of drug-likeness (QED) is 0.148. The molecule has 0 fully saturated rings. The molecule has 2 heteroatoms. The second kappa shape index (κ2) is 15.3. The van der Waals surface area contributed by atoms with Crippen LogP contribution in [-0.2, 0) is 0 Å². The molecule has 0 amide bonds. The van der Waals surface area contributed by atoms with Gasteiger partial charge < -0.3 is 4.90 Å². The Morgan fingerprint density at radius 3 is 1.43 bits per heavy atom. The molecule has 60 heavy (non-hydrogen) atoms. The van der Waals surface area contributed by atoms with Crippen molar-refractivity contribution in [1.29, 1.82) is 0 Å². The second-order valence-corrected chi connectivity index (χ2v) is 16.3. The molecular formula is C58H39NS. The molecule has 0 aliphatic carbocycles. The second-order valence-electron chi connectivity index (χ2n) is 15.3. The van der Waals surface area contributed by atoms with Crippen molar-refractivity contribution in [3.63, 3.8) is 0 Å². The smallest absolute Gasteiger partial charge is 0.0646 e. The molecule has 282 valence electrons. The van der Waals surface area contributed by atoms with E-state index in [1.165, 1.54) is 86.6 Å². The van der Waals surface area contributed by atoms with Crippen molar-refractivity contribution in [2.24, 2.45) is 0 Å². The van der Waals surface area contributed by atoms with Gasteiger partial charge in [-0.2, -0.15) is 0 Å². The number of hydrogen-bond donors (Lipinski definition) is 0. The van der Waals surface area contributed by atoms with Crippen LogP contribution in [0.15, 0.2) is 237 Å². The van der Waals surface area contributed by atoms with Gasteiger partial charge in [0.1, 0.15) is 0 Å². The van der Waals surface area contributed by atoms with Crippen molar-refractivity contribution < 1.29 is 0 Å². The van der Waals surface area contributed by atoms with Crippen LogP contribution in [0.1, 0.15) is 0 Å². The molecule has 11 aromatic rings. The number of nitrogens with zero attached hydrogens (tertiary/aromatic N) is 1. The fourth-order valence-electron chi connectivity index (χ4n) is 8.77. The van der Waals surface area contributed by atoms with Gasteiger partial charge in [0.15, 0.2) is 0 Å². The fourth-order valence-corrected chi connectivity index (χ4v) is 10.1. The van der Waals surface area contributed by atoms with E-state index in [0.717, 1.165) is 17.1 Å². The molecule has 0 atom stereocenters. The highest BCUT2D eigenvalue weighted by atomic mass is 32.1. The summed E-state index contributed by atoms with van der Waals surface area (Å²) in [6.07, 6.45) is 0. The molecule has 0 N–H and O–H groups in total. The lowest BCUT2D eigenvalue weighted by Gasteiger charge is -2.27. The topological polar surface area (TPSA) is 3.24 Å². The van der Waals surface area contributed by atoms with Crippen LogP contribution in [0.3, 0.4) is 0 Å². The summed E-state index contributed by atoms with van der Waals surface area (Å²) < 4.78 is 2.55. The summed E-state index contributed by atoms with van der Waals surface area (Å²) in [5, 5.41) is 5.03. The zero-order chi connectivity index (χ0) is 39.8. The molecule has 0 unspecified atom stereocenters. The highest BCUT2D eigenvalue weighted by molar-refractivity contribution is 7.27. The van der Waals surface area contributed by atoms with Gasteiger partial charge in [-0.1, -0.05) is 200 Å². The van der Waals surface area contributed by atoms with Crippen molar-refractivity contribution in [1.82, 2.24) is 0 Å². The lowest BCUT2D eigenvalue weighted by Crippen LogP contribution is -2.10. The molecular weight excluding hydrogens is 743 g/mol. The first-order chi connectivity index (χ1) is 29.8. The molecule has 0 bridgehead atoms. The molecule has 0 saturated heterocycles. The van der Waals surface area contributed by atoms with E-state index in [1.54, 1.807) is 0 Å². The minimum Gasteiger partial charge on any atom is -0.309 e. The third kappa shape index (κ3) is 6.44. The van der Waals surface area contributed by atoms with Crippen LogP contribution < -0.4 is 4.90 Å². The third-order valence-corrected chi connectivity index (χ3v) is 12.9. The average Bonchev–Trinajstić information content (AvgIpc) is 3.72. The highest BCUT2D eigenvalue weighted by Gasteiger charge is 2.22. The monoisotopic (exact) mass is 781 g/mol. The van der Waals surface area contributed by atoms with Crippen molar-refractivity contribution in [2.45, 2.75) is 0 Å². The third-order valence-electron chi connectivity index (χ3n) is 11.7. The van der Waals surface area contributed by atoms with Crippen LogP contribution >= 0.6 is 11.3 Å². The van der Waals surface area contributed by atoms with Crippen molar-refractivity contribution in [2.75, 3.05) is 4.90 Å². The van der Waals surface area contributed by atoms with Crippen LogP contribution in [-0.4, -0.2) is 0 Å². The first-order valence-electron chi connectivity index (χ1n) is 20.5. The lowest BCUT2D eigenvalue weighted by molar-refractivity contribution is 1.30. The number of anilines is 3. The molecule has 0 aliphatic rings. The lowest BCUT2D eigenvalue weighted by atomic mass is 9.90. The summed E-state index contributed by atoms with van der Waals surface area (Å²) in [6, 6.07) is 86.1. The number of thiophene rings is 1. The van der Waals surface area contributed by atoms with Gasteiger partial charge in [0.25, 0.3) is 0 Å². The SMILES string of the molecule is c1ccc(-c2ccc(N(c3ccc(-c4ccc5ccccc5c4-c4ccccc4)cc3)c3cc(-c4ccccc4)cc4c3sc3c(-c5ccccc5)cccc34)cc2)cc1. The maximum absolute atomic E-state index is 2.46. The van der Waals surface area contributed by atoms with E-state index in [-0.39, 0.29) is 0 Å². The van der Waals surface area contributed by atoms with E-state index in [9.17, 15) is 0 Å². The number of rotatable bonds is 8. The molecule has 1 nitrogen and oxygen atoms in total. The van der Waals surface area contributed by atoms with E-state index in [0.29, 0.717) is 0 Å². The van der Waals surface area contributed by atoms with Gasteiger partial charge in [-0.05, 0) is 103 Å². The largest absolute Gasteiger partial charge is 0.309 e. The molecule has 10 aromatic carbocycles. The molecule has 11 rings (SSSR count). The van der Waals surface area contributed by atoms with Crippen molar-refractivity contribution in [3.05, 3.63) is 237 Å². The number of hydrogen-bond acceptors (Lipinski definition) is 2. The minimum atomic E-state index is 1.10. The normalized spacial score (nSPS) is 11.3. The maximum Gasteiger partial charge on any atom is 0.0646 e. The van der Waals surface area contributed by atoms with Crippen LogP contribution in [0.2, 0.25) is 0 Å². The van der Waals surface area contributed by atoms with Gasteiger partial charge in [-0.3, -0.25) is 0 Å². The van der Waals surface area contributed by atoms with Gasteiger partial charge in [-0.25, -0.2) is 0 Å². The number of benzene rings is 10. The number of fused-ring (bicyclic) bond motifs is 4. The molecule has 0 saturated carbocycles. The Bertz CT molecular complexity index is 3260. The zero-order valence-electron chi connectivity index (χ0n) is 32.9. The molecule has 1 aromatic heterocycles. The summed E-state index contributed by atoms with van der Waals surface area (Å²) in [5.41, 5.74) is 15.5. The maximum atomic E-state index is 2.46. The molecule has 0 spiro atoms. The Balaban J connectivity index is 1.14. The van der Waals surface area contributed by atoms with E-state index >= 15 is 0 Å². The molecule has 0 radical (unpaired) electrons. The van der Waals surface area contributed by atoms with E-state index in [2.05, 4.69) is 241 Å². The summed E-state index contributed by atoms with van der Waals surface area (Å²) in [5.74, 6) is 0. The summed E-state index contributed by atoms with van der Waals surface area (Å²) in [7, 11) is 0. The zero-order valence-corrected chi connectivity index (χ0v) is 33.7. The minimum absolute atomic E-state index is 1.10. The first-order valence-corrected chi connectivity index (χ1v) is 21.3. The molecule has 0 aliphatic heterocycles. The van der Waals surface area contributed by atoms with Crippen molar-refractivity contribution >= 4 is 59.3 Å². The standard InChI is InChI=1S/C58H39NS/c1-5-16-40(17-6-1)42-28-33-48(34-29-42)59(49-35-30-45(31-36-49)51-37-32-44-22-13-14-25-50(44)56(51)46-23-11-4-12-24-46)55-39-47(41-18-7-2-8-19-41)38-54-53-27-15-26-52(57(53)60-58(54)55)43-20-9-3-10-21-43/h1-39H. The predicted octanol–water partition coefficient (Wildman–Crippen LogP) is 17.0. The van der Waals surface area contributed by atoms with Gasteiger partial charge in [0.2, 0.25) is 0 Å². The van der Waals surface area contributed by atoms with Crippen LogP contribution in [0.4, 0.5) is 17.1 Å². The summed E-state index contributed by atoms with van der Waals surface area (Å²) in [4.78, 5) is 2.46. The molecule has 1 heterocycles. The van der Waals surface area contributed by atoms with E-state index in [4.69, 9.17) is 0 Å². The fraction of sp³-hybridized carbons (Fsp3) is 0. The van der Waals surface area contributed by atoms with E-state index < -0.39 is 0 Å². The van der Waals surface area contributed by atoms with Crippen molar-refractivity contribution in [3.8, 4) is 55.6 Å². The Hall–Kier alpha value is -7.52. The summed E-state index contributed by atoms with van der Waals surface area (Å²) in [6.45, 7) is 0.